The molecule has 29 heavy (non-hydrogen) atoms. The van der Waals surface area contributed by atoms with Crippen LogP contribution in [0, 0.1) is 12.7 Å². The molecule has 0 radical (unpaired) electrons. The molecule has 0 saturated carbocycles. The first-order valence-electron chi connectivity index (χ1n) is 8.71. The quantitative estimate of drug-likeness (QED) is 0.501. The van der Waals surface area contributed by atoms with Gasteiger partial charge in [0.1, 0.15) is 10.6 Å². The molecule has 2 heterocycles. The van der Waals surface area contributed by atoms with Crippen molar-refractivity contribution in [2.45, 2.75) is 6.92 Å². The molecule has 0 atom stereocenters. The number of nitrogens with zero attached hydrogens (tertiary/aromatic N) is 2. The number of hydrogen-bond acceptors (Lipinski definition) is 5. The van der Waals surface area contributed by atoms with E-state index >= 15 is 0 Å². The molecule has 2 aromatic carbocycles. The second-order valence-corrected chi connectivity index (χ2v) is 7.33. The normalized spacial score (nSPS) is 10.9. The van der Waals surface area contributed by atoms with Crippen LogP contribution in [0.2, 0.25) is 0 Å². The minimum absolute atomic E-state index is 0.276. The fourth-order valence-electron chi connectivity index (χ4n) is 2.98. The second kappa shape index (κ2) is 7.48. The summed E-state index contributed by atoms with van der Waals surface area (Å²) in [7, 11) is 1.29. The van der Waals surface area contributed by atoms with Crippen molar-refractivity contribution in [1.29, 1.82) is 0 Å². The third-order valence-corrected chi connectivity index (χ3v) is 5.53. The predicted octanol–water partition coefficient (Wildman–Crippen LogP) is 4.57. The van der Waals surface area contributed by atoms with Crippen molar-refractivity contribution in [2.24, 2.45) is 0 Å². The summed E-state index contributed by atoms with van der Waals surface area (Å²) in [6.45, 7) is 1.85. The van der Waals surface area contributed by atoms with Gasteiger partial charge in [-0.25, -0.2) is 13.9 Å². The van der Waals surface area contributed by atoms with Crippen LogP contribution >= 0.6 is 11.3 Å². The molecule has 0 bridgehead atoms. The topological polar surface area (TPSA) is 73.2 Å². The molecule has 2 aromatic heterocycles. The molecule has 4 aromatic rings. The minimum Gasteiger partial charge on any atom is -0.465 e. The van der Waals surface area contributed by atoms with Crippen LogP contribution in [0.1, 0.15) is 25.7 Å². The van der Waals surface area contributed by atoms with Crippen molar-refractivity contribution in [3.05, 3.63) is 76.5 Å². The number of para-hydroxylation sites is 1. The number of fused-ring (bicyclic) bond motifs is 1. The largest absolute Gasteiger partial charge is 0.465 e. The lowest BCUT2D eigenvalue weighted by molar-refractivity contribution is 0.0602. The van der Waals surface area contributed by atoms with Gasteiger partial charge in [-0.2, -0.15) is 5.10 Å². The van der Waals surface area contributed by atoms with Gasteiger partial charge < -0.3 is 10.1 Å². The zero-order chi connectivity index (χ0) is 20.5. The summed E-state index contributed by atoms with van der Waals surface area (Å²) in [6, 6.07) is 14.4. The Kier molecular flexibility index (Phi) is 4.85. The molecule has 1 amide bonds. The summed E-state index contributed by atoms with van der Waals surface area (Å²) >= 11 is 1.27. The van der Waals surface area contributed by atoms with Crippen LogP contribution in [0.15, 0.2) is 54.6 Å². The van der Waals surface area contributed by atoms with Gasteiger partial charge in [0.2, 0.25) is 0 Å². The highest BCUT2D eigenvalue weighted by molar-refractivity contribution is 7.20. The number of halogens is 1. The molecule has 4 rings (SSSR count). The first-order valence-corrected chi connectivity index (χ1v) is 9.53. The molecule has 6 nitrogen and oxygen atoms in total. The summed E-state index contributed by atoms with van der Waals surface area (Å²) in [5.74, 6) is -1.20. The number of methoxy groups -OCH3 is 1. The van der Waals surface area contributed by atoms with Gasteiger partial charge in [0.25, 0.3) is 5.91 Å². The maximum Gasteiger partial charge on any atom is 0.339 e. The molecule has 0 spiro atoms. The Balaban J connectivity index is 1.69. The highest BCUT2D eigenvalue weighted by Gasteiger charge is 2.19. The van der Waals surface area contributed by atoms with Gasteiger partial charge in [-0.1, -0.05) is 12.1 Å². The Morgan fingerprint density at radius 2 is 1.86 bits per heavy atom. The maximum atomic E-state index is 13.2. The van der Waals surface area contributed by atoms with Crippen molar-refractivity contribution >= 4 is 39.1 Å². The lowest BCUT2D eigenvalue weighted by Gasteiger charge is -2.08. The predicted molar refractivity (Wildman–Crippen MR) is 109 cm³/mol. The average Bonchev–Trinajstić information content (AvgIpc) is 3.29. The van der Waals surface area contributed by atoms with E-state index in [1.807, 2.05) is 6.92 Å². The number of rotatable bonds is 4. The first kappa shape index (κ1) is 18.8. The number of hydrogen-bond donors (Lipinski definition) is 1. The van der Waals surface area contributed by atoms with Gasteiger partial charge in [0.15, 0.2) is 0 Å². The lowest BCUT2D eigenvalue weighted by Crippen LogP contribution is -2.14. The Morgan fingerprint density at radius 1 is 1.14 bits per heavy atom. The average molecular weight is 409 g/mol. The van der Waals surface area contributed by atoms with Gasteiger partial charge in [-0.15, -0.1) is 11.3 Å². The number of benzene rings is 2. The Hall–Kier alpha value is -3.52. The van der Waals surface area contributed by atoms with Crippen LogP contribution in [-0.2, 0) is 4.74 Å². The van der Waals surface area contributed by atoms with Gasteiger partial charge in [0.05, 0.1) is 34.6 Å². The van der Waals surface area contributed by atoms with E-state index in [0.717, 1.165) is 15.9 Å². The molecular weight excluding hydrogens is 393 g/mol. The summed E-state index contributed by atoms with van der Waals surface area (Å²) in [4.78, 5) is 26.0. The van der Waals surface area contributed by atoms with Gasteiger partial charge >= 0.3 is 5.97 Å². The number of thiophene rings is 1. The van der Waals surface area contributed by atoms with E-state index in [-0.39, 0.29) is 17.3 Å². The van der Waals surface area contributed by atoms with E-state index < -0.39 is 5.97 Å². The van der Waals surface area contributed by atoms with E-state index in [4.69, 9.17) is 4.74 Å². The van der Waals surface area contributed by atoms with Crippen LogP contribution in [0.5, 0.6) is 0 Å². The number of aryl methyl sites for hydroxylation is 1. The molecule has 146 valence electrons. The Bertz CT molecular complexity index is 1230. The number of ether oxygens (including phenoxy) is 1. The van der Waals surface area contributed by atoms with Gasteiger partial charge in [-0.3, -0.25) is 4.79 Å². The maximum absolute atomic E-state index is 13.2. The summed E-state index contributed by atoms with van der Waals surface area (Å²) in [5, 5.41) is 8.10. The standard InChI is InChI=1S/C21H16FN3O3S/c1-12-16-11-18(19(26)23-17-6-4-3-5-15(17)21(27)28-2)29-20(16)25(24-12)14-9-7-13(22)8-10-14/h3-11H,1-2H3,(H,23,26). The van der Waals surface area contributed by atoms with Gasteiger partial charge in [-0.05, 0) is 49.4 Å². The lowest BCUT2D eigenvalue weighted by atomic mass is 10.1. The number of nitrogens with one attached hydrogen (secondary N) is 1. The van der Waals surface area contributed by atoms with E-state index in [9.17, 15) is 14.0 Å². The number of amides is 1. The van der Waals surface area contributed by atoms with Crippen LogP contribution in [0.3, 0.4) is 0 Å². The van der Waals surface area contributed by atoms with Crippen molar-refractivity contribution in [2.75, 3.05) is 12.4 Å². The summed E-state index contributed by atoms with van der Waals surface area (Å²) in [6.07, 6.45) is 0. The summed E-state index contributed by atoms with van der Waals surface area (Å²) < 4.78 is 19.7. The fraction of sp³-hybridized carbons (Fsp3) is 0.0952. The summed E-state index contributed by atoms with van der Waals surface area (Å²) in [5.41, 5.74) is 2.11. The molecule has 0 aliphatic rings. The number of aromatic nitrogens is 2. The first-order chi connectivity index (χ1) is 14.0. The highest BCUT2D eigenvalue weighted by atomic mass is 32.1. The molecule has 0 aliphatic heterocycles. The number of carbonyl (C=O) groups excluding carboxylic acids is 2. The Morgan fingerprint density at radius 3 is 2.59 bits per heavy atom. The Labute approximate surface area is 169 Å². The molecule has 8 heteroatoms. The van der Waals surface area contributed by atoms with E-state index in [1.165, 1.54) is 30.6 Å². The third-order valence-electron chi connectivity index (χ3n) is 4.42. The molecule has 0 aliphatic carbocycles. The van der Waals surface area contributed by atoms with Crippen molar-refractivity contribution in [1.82, 2.24) is 9.78 Å². The zero-order valence-corrected chi connectivity index (χ0v) is 16.4. The van der Waals surface area contributed by atoms with Crippen LogP contribution in [-0.4, -0.2) is 28.8 Å². The SMILES string of the molecule is COC(=O)c1ccccc1NC(=O)c1cc2c(C)nn(-c3ccc(F)cc3)c2s1. The van der Waals surface area contributed by atoms with E-state index in [2.05, 4.69) is 10.4 Å². The minimum atomic E-state index is -0.528. The zero-order valence-electron chi connectivity index (χ0n) is 15.6. The number of esters is 1. The highest BCUT2D eigenvalue weighted by Crippen LogP contribution is 2.31. The number of carbonyl (C=O) groups is 2. The second-order valence-electron chi connectivity index (χ2n) is 6.29. The van der Waals surface area contributed by atoms with Crippen LogP contribution < -0.4 is 5.32 Å². The van der Waals surface area contributed by atoms with Crippen molar-refractivity contribution in [3.8, 4) is 5.69 Å². The van der Waals surface area contributed by atoms with Crippen LogP contribution in [0.25, 0.3) is 15.9 Å². The van der Waals surface area contributed by atoms with E-state index in [0.29, 0.717) is 16.3 Å². The molecular formula is C21H16FN3O3S. The molecule has 0 saturated heterocycles. The molecule has 1 N–H and O–H groups in total. The monoisotopic (exact) mass is 409 g/mol. The van der Waals surface area contributed by atoms with E-state index in [1.54, 1.807) is 47.1 Å². The van der Waals surface area contributed by atoms with Crippen molar-refractivity contribution < 1.29 is 18.7 Å². The van der Waals surface area contributed by atoms with Crippen LogP contribution in [0.4, 0.5) is 10.1 Å². The molecule has 0 unspecified atom stereocenters. The smallest absolute Gasteiger partial charge is 0.339 e. The number of anilines is 1. The molecule has 0 fully saturated rings. The third kappa shape index (κ3) is 3.50. The van der Waals surface area contributed by atoms with Crippen molar-refractivity contribution in [3.63, 3.8) is 0 Å². The van der Waals surface area contributed by atoms with Gasteiger partial charge in [0, 0.05) is 5.39 Å². The fourth-order valence-corrected chi connectivity index (χ4v) is 4.06.